The van der Waals surface area contributed by atoms with Crippen LogP contribution in [0.25, 0.3) is 0 Å². The molecule has 1 fully saturated rings. The number of hydrogen-bond donors (Lipinski definition) is 2. The molecule has 0 aliphatic carbocycles. The van der Waals surface area contributed by atoms with Crippen LogP contribution in [0, 0.1) is 0 Å². The van der Waals surface area contributed by atoms with Gasteiger partial charge in [-0.2, -0.15) is 0 Å². The molecule has 1 aliphatic rings. The van der Waals surface area contributed by atoms with E-state index in [1.807, 2.05) is 0 Å². The largest absolute Gasteiger partial charge is 0.483 e. The number of amides is 4. The number of nitrogens with two attached hydrogens (primary N) is 1. The highest BCUT2D eigenvalue weighted by Gasteiger charge is 2.34. The van der Waals surface area contributed by atoms with E-state index in [1.54, 1.807) is 0 Å². The average molecular weight is 347 g/mol. The lowest BCUT2D eigenvalue weighted by Gasteiger charge is -2.30. The zero-order chi connectivity index (χ0) is 18.6. The van der Waals surface area contributed by atoms with Gasteiger partial charge in [0.1, 0.15) is 11.8 Å². The van der Waals surface area contributed by atoms with Crippen molar-refractivity contribution in [3.63, 3.8) is 0 Å². The molecule has 3 N–H and O–H groups in total. The second-order valence-electron chi connectivity index (χ2n) is 5.48. The Hall–Kier alpha value is -3.23. The lowest BCUT2D eigenvalue weighted by atomic mass is 10.0. The topological polar surface area (TPSA) is 136 Å². The van der Waals surface area contributed by atoms with Gasteiger partial charge in [-0.15, -0.1) is 0 Å². The molecular formula is C16H17N3O6. The van der Waals surface area contributed by atoms with Crippen molar-refractivity contribution >= 4 is 29.9 Å². The van der Waals surface area contributed by atoms with Gasteiger partial charge in [0.15, 0.2) is 12.9 Å². The molecule has 1 unspecified atom stereocenters. The molecule has 0 bridgehead atoms. The van der Waals surface area contributed by atoms with Crippen molar-refractivity contribution in [2.45, 2.75) is 18.9 Å². The van der Waals surface area contributed by atoms with E-state index in [2.05, 4.69) is 5.32 Å². The highest BCUT2D eigenvalue weighted by Crippen LogP contribution is 2.25. The summed E-state index contributed by atoms with van der Waals surface area (Å²) in [6.07, 6.45) is 0.755. The zero-order valence-electron chi connectivity index (χ0n) is 13.5. The number of rotatable bonds is 6. The fourth-order valence-corrected chi connectivity index (χ4v) is 2.51. The van der Waals surface area contributed by atoms with Crippen LogP contribution < -0.4 is 15.8 Å². The normalized spacial score (nSPS) is 16.8. The van der Waals surface area contributed by atoms with Crippen LogP contribution in [0.15, 0.2) is 18.2 Å². The first-order valence-electron chi connectivity index (χ1n) is 7.45. The number of aldehydes is 1. The standard InChI is InChI=1S/C16H17N3O6/c1-19(10-5-6-13(22)18-15(10)23)16(24)14-9(7-20)3-2-4-11(14)25-8-12(17)21/h2-4,7,10H,5-6,8H2,1H3,(H2,17,21)(H,18,22,23). The molecule has 4 amide bonds. The molecule has 0 aromatic heterocycles. The molecule has 2 rings (SSSR count). The van der Waals surface area contributed by atoms with Crippen LogP contribution in [0.1, 0.15) is 33.6 Å². The van der Waals surface area contributed by atoms with Gasteiger partial charge in [0.05, 0.1) is 5.56 Å². The lowest BCUT2D eigenvalue weighted by Crippen LogP contribution is -2.53. The smallest absolute Gasteiger partial charge is 0.258 e. The molecule has 1 aromatic carbocycles. The second kappa shape index (κ2) is 7.56. The Kier molecular flexibility index (Phi) is 5.48. The summed E-state index contributed by atoms with van der Waals surface area (Å²) in [6, 6.07) is 3.47. The lowest BCUT2D eigenvalue weighted by molar-refractivity contribution is -0.136. The van der Waals surface area contributed by atoms with Crippen molar-refractivity contribution in [1.29, 1.82) is 0 Å². The number of imide groups is 1. The fourth-order valence-electron chi connectivity index (χ4n) is 2.51. The van der Waals surface area contributed by atoms with Crippen LogP contribution in [0.5, 0.6) is 5.75 Å². The SMILES string of the molecule is CN(C(=O)c1c(C=O)cccc1OCC(N)=O)C1CCC(=O)NC1=O. The van der Waals surface area contributed by atoms with Crippen LogP contribution in [0.2, 0.25) is 0 Å². The van der Waals surface area contributed by atoms with Crippen molar-refractivity contribution < 1.29 is 28.7 Å². The van der Waals surface area contributed by atoms with Gasteiger partial charge in [0.2, 0.25) is 11.8 Å². The maximum absolute atomic E-state index is 12.8. The minimum atomic E-state index is -0.853. The number of ether oxygens (including phenoxy) is 1. The minimum Gasteiger partial charge on any atom is -0.483 e. The van der Waals surface area contributed by atoms with Crippen LogP contribution in [-0.2, 0) is 14.4 Å². The number of hydrogen-bond acceptors (Lipinski definition) is 6. The number of nitrogens with zero attached hydrogens (tertiary/aromatic N) is 1. The van der Waals surface area contributed by atoms with Crippen molar-refractivity contribution in [3.8, 4) is 5.75 Å². The van der Waals surface area contributed by atoms with E-state index in [9.17, 15) is 24.0 Å². The Morgan fingerprint density at radius 1 is 1.40 bits per heavy atom. The van der Waals surface area contributed by atoms with Gasteiger partial charge in [0, 0.05) is 19.0 Å². The number of piperidine rings is 1. The predicted molar refractivity (Wildman–Crippen MR) is 84.8 cm³/mol. The van der Waals surface area contributed by atoms with E-state index in [4.69, 9.17) is 10.5 Å². The van der Waals surface area contributed by atoms with Crippen molar-refractivity contribution in [1.82, 2.24) is 10.2 Å². The summed E-state index contributed by atoms with van der Waals surface area (Å²) >= 11 is 0. The maximum Gasteiger partial charge on any atom is 0.258 e. The highest BCUT2D eigenvalue weighted by atomic mass is 16.5. The average Bonchev–Trinajstić information content (AvgIpc) is 2.58. The second-order valence-corrected chi connectivity index (χ2v) is 5.48. The molecule has 1 aromatic rings. The maximum atomic E-state index is 12.8. The number of carbonyl (C=O) groups excluding carboxylic acids is 5. The molecule has 0 saturated carbocycles. The Morgan fingerprint density at radius 3 is 2.72 bits per heavy atom. The van der Waals surface area contributed by atoms with E-state index >= 15 is 0 Å². The van der Waals surface area contributed by atoms with Crippen molar-refractivity contribution in [2.75, 3.05) is 13.7 Å². The van der Waals surface area contributed by atoms with Crippen LogP contribution in [0.3, 0.4) is 0 Å². The van der Waals surface area contributed by atoms with Gasteiger partial charge in [-0.3, -0.25) is 29.3 Å². The first kappa shape index (κ1) is 18.1. The van der Waals surface area contributed by atoms with E-state index in [1.165, 1.54) is 25.2 Å². The van der Waals surface area contributed by atoms with E-state index in [0.29, 0.717) is 6.29 Å². The number of likely N-dealkylation sites (N-methyl/N-ethyl adjacent to an activating group) is 1. The summed E-state index contributed by atoms with van der Waals surface area (Å²) in [6.45, 7) is -0.468. The summed E-state index contributed by atoms with van der Waals surface area (Å²) in [5, 5.41) is 2.17. The number of nitrogens with one attached hydrogen (secondary N) is 1. The molecule has 9 heteroatoms. The Bertz CT molecular complexity index is 745. The monoisotopic (exact) mass is 347 g/mol. The van der Waals surface area contributed by atoms with Gasteiger partial charge in [-0.1, -0.05) is 12.1 Å². The van der Waals surface area contributed by atoms with Gasteiger partial charge in [-0.25, -0.2) is 0 Å². The highest BCUT2D eigenvalue weighted by molar-refractivity contribution is 6.07. The third-order valence-electron chi connectivity index (χ3n) is 3.77. The van der Waals surface area contributed by atoms with Crippen LogP contribution >= 0.6 is 0 Å². The van der Waals surface area contributed by atoms with Gasteiger partial charge in [0.25, 0.3) is 11.8 Å². The summed E-state index contributed by atoms with van der Waals surface area (Å²) in [5.41, 5.74) is 5.00. The summed E-state index contributed by atoms with van der Waals surface area (Å²) < 4.78 is 5.21. The molecule has 132 valence electrons. The van der Waals surface area contributed by atoms with E-state index < -0.39 is 36.3 Å². The first-order valence-corrected chi connectivity index (χ1v) is 7.45. The molecule has 1 saturated heterocycles. The number of carbonyl (C=O) groups is 5. The van der Waals surface area contributed by atoms with E-state index in [0.717, 1.165) is 4.90 Å². The minimum absolute atomic E-state index is 0.00699. The number of benzene rings is 1. The summed E-state index contributed by atoms with van der Waals surface area (Å²) in [5.74, 6) is -2.37. The summed E-state index contributed by atoms with van der Waals surface area (Å²) in [4.78, 5) is 59.3. The van der Waals surface area contributed by atoms with Crippen molar-refractivity contribution in [2.24, 2.45) is 5.73 Å². The van der Waals surface area contributed by atoms with Crippen LogP contribution in [0.4, 0.5) is 0 Å². The molecule has 9 nitrogen and oxygen atoms in total. The zero-order valence-corrected chi connectivity index (χ0v) is 13.5. The molecule has 25 heavy (non-hydrogen) atoms. The molecular weight excluding hydrogens is 330 g/mol. The Morgan fingerprint density at radius 2 is 2.12 bits per heavy atom. The molecule has 1 aliphatic heterocycles. The summed E-state index contributed by atoms with van der Waals surface area (Å²) in [7, 11) is 1.39. The van der Waals surface area contributed by atoms with Gasteiger partial charge < -0.3 is 15.4 Å². The van der Waals surface area contributed by atoms with E-state index in [-0.39, 0.29) is 29.7 Å². The third-order valence-corrected chi connectivity index (χ3v) is 3.77. The Balaban J connectivity index is 2.33. The molecule has 1 atom stereocenters. The molecule has 0 radical (unpaired) electrons. The quantitative estimate of drug-likeness (QED) is 0.513. The van der Waals surface area contributed by atoms with Gasteiger partial charge in [-0.05, 0) is 12.5 Å². The first-order chi connectivity index (χ1) is 11.8. The third kappa shape index (κ3) is 4.00. The fraction of sp³-hybridized carbons (Fsp3) is 0.312. The van der Waals surface area contributed by atoms with Crippen LogP contribution in [-0.4, -0.2) is 54.5 Å². The van der Waals surface area contributed by atoms with Gasteiger partial charge >= 0.3 is 0 Å². The Labute approximate surface area is 143 Å². The molecule has 0 spiro atoms. The van der Waals surface area contributed by atoms with Crippen molar-refractivity contribution in [3.05, 3.63) is 29.3 Å². The molecule has 1 heterocycles. The number of primary amides is 1. The predicted octanol–water partition coefficient (Wildman–Crippen LogP) is -0.760.